The number of aliphatic carboxylic acids is 1. The number of aryl methyl sites for hydroxylation is 2. The second-order valence-corrected chi connectivity index (χ2v) is 32.9. The van der Waals surface area contributed by atoms with E-state index in [1.165, 1.54) is 49.2 Å². The van der Waals surface area contributed by atoms with Gasteiger partial charge >= 0.3 is 23.9 Å². The first-order valence-electron chi connectivity index (χ1n) is 38.1. The number of nitriles is 2. The molecule has 0 saturated carbocycles. The number of phenolic OH excluding ortho intramolecular Hbond substituents is 2. The monoisotopic (exact) mass is 1620 g/mol. The van der Waals surface area contributed by atoms with E-state index in [0.717, 1.165) is 75.3 Å². The highest BCUT2D eigenvalue weighted by molar-refractivity contribution is 8.00. The van der Waals surface area contributed by atoms with E-state index in [9.17, 15) is 44.7 Å². The van der Waals surface area contributed by atoms with E-state index in [4.69, 9.17) is 63.0 Å². The number of cyclic esters (lactones) is 1. The number of benzene rings is 6. The third kappa shape index (κ3) is 12.7. The zero-order chi connectivity index (χ0) is 81.2. The number of carbonyl (C=O) groups excluding carboxylic acids is 5. The van der Waals surface area contributed by atoms with E-state index >= 15 is 0 Å². The number of thioether (sulfide) groups is 2. The fraction of sp³-hybridized carbons (Fsp3) is 0.435. The summed E-state index contributed by atoms with van der Waals surface area (Å²) in [6, 6.07) is 20.4. The molecule has 8 bridgehead atoms. The van der Waals surface area contributed by atoms with E-state index < -0.39 is 100 Å². The number of para-hydroxylation sites is 2. The lowest BCUT2D eigenvalue weighted by Gasteiger charge is -2.62. The molecule has 4 saturated heterocycles. The molecule has 116 heavy (non-hydrogen) atoms. The maximum Gasteiger partial charge on any atom is 0.375 e. The number of aromatic nitrogens is 2. The number of likely N-dealkylation sites (N-methyl/N-ethyl adjacent to an activating group) is 2. The smallest absolute Gasteiger partial charge is 0.375 e. The second-order valence-electron chi connectivity index (χ2n) is 30.6. The lowest BCUT2D eigenvalue weighted by molar-refractivity contribution is -0.157. The Bertz CT molecular complexity index is 5480. The molecular weight excluding hydrogens is 1530 g/mol. The number of ketones is 1. The van der Waals surface area contributed by atoms with Crippen LogP contribution in [0.15, 0.2) is 66.9 Å². The number of fused-ring (bicyclic) bond motifs is 21. The number of carboxylic acids is 1. The number of nitrogens with zero attached hydrogens (tertiary/aromatic N) is 6. The van der Waals surface area contributed by atoms with Crippen LogP contribution >= 0.6 is 23.5 Å². The SMILES string of the molecule is C.CC(=O)O.COc1c(C)cc2c(c1O)[C@@H]1C3[C@@H]4SCC(=O)C(=O)OC[C@@H](c5c6c(c(C)c(OC(C)=O)c54)OCO6)N3[C@@H](C#N)[C@H](C2)N1C.COc1c(C)cc2c(c1O)[C@@H]1C3[C@@H]4SC[C@]5(NCCc6c5[nH]c5ccccc65)C(=O)OC[C@@H](c5c6c(c(C)c(OC(C)=O)c54)OCO6)N3[C@@H](C#N)[C@H](C2)N1C.NCCc1c[nH]c2ccccc12. The summed E-state index contributed by atoms with van der Waals surface area (Å²) in [6.45, 7) is 12.0. The number of rotatable bonds is 6. The van der Waals surface area contributed by atoms with Crippen molar-refractivity contribution in [2.75, 3.05) is 79.7 Å². The number of carbonyl (C=O) groups is 6. The number of hydrogen-bond donors (Lipinski definition) is 7. The average Bonchev–Trinajstić information content (AvgIpc) is 0.841. The number of carboxylic acid groups (broad SMARTS) is 1. The van der Waals surface area contributed by atoms with Crippen LogP contribution in [0.25, 0.3) is 21.8 Å². The molecule has 1 spiro atoms. The molecule has 29 nitrogen and oxygen atoms in total. The number of nitrogens with one attached hydrogen (secondary N) is 3. The maximum absolute atomic E-state index is 14.8. The van der Waals surface area contributed by atoms with Crippen LogP contribution in [0.1, 0.15) is 146 Å². The van der Waals surface area contributed by atoms with Gasteiger partial charge in [0.1, 0.15) is 36.8 Å². The molecule has 8 N–H and O–H groups in total. The van der Waals surface area contributed by atoms with Gasteiger partial charge in [-0.3, -0.25) is 44.1 Å². The van der Waals surface area contributed by atoms with Gasteiger partial charge in [-0.2, -0.15) is 10.5 Å². The van der Waals surface area contributed by atoms with E-state index in [1.807, 2.05) is 71.4 Å². The number of Topliss-reactive ketones (excluding diaryl/α,β-unsaturated/α-hetero) is 1. The maximum atomic E-state index is 14.8. The Morgan fingerprint density at radius 2 is 1.14 bits per heavy atom. The van der Waals surface area contributed by atoms with Gasteiger partial charge in [-0.05, 0) is 120 Å². The molecule has 31 heteroatoms. The topological polar surface area (TPSA) is 386 Å². The summed E-state index contributed by atoms with van der Waals surface area (Å²) in [5.41, 5.74) is 18.3. The van der Waals surface area contributed by atoms with Crippen molar-refractivity contribution in [3.8, 4) is 69.6 Å². The van der Waals surface area contributed by atoms with Gasteiger partial charge in [0.05, 0.1) is 72.5 Å². The summed E-state index contributed by atoms with van der Waals surface area (Å²) in [6.07, 6.45) is 4.72. The average molecular weight is 1620 g/mol. The highest BCUT2D eigenvalue weighted by atomic mass is 32.2. The largest absolute Gasteiger partial charge is 0.504 e. The molecule has 20 rings (SSSR count). The number of esters is 4. The van der Waals surface area contributed by atoms with Gasteiger partial charge in [0.25, 0.3) is 5.97 Å². The molecule has 4 fully saturated rings. The summed E-state index contributed by atoms with van der Waals surface area (Å²) < 4.78 is 59.8. The van der Waals surface area contributed by atoms with Crippen LogP contribution in [0.2, 0.25) is 0 Å². The van der Waals surface area contributed by atoms with E-state index in [1.54, 1.807) is 25.8 Å². The Morgan fingerprint density at radius 3 is 1.64 bits per heavy atom. The van der Waals surface area contributed by atoms with E-state index in [0.29, 0.717) is 105 Å². The minimum atomic E-state index is -1.24. The molecule has 0 amide bonds. The van der Waals surface area contributed by atoms with Crippen molar-refractivity contribution in [3.63, 3.8) is 0 Å². The zero-order valence-electron chi connectivity index (χ0n) is 65.2. The lowest BCUT2D eigenvalue weighted by atomic mass is 9.71. The highest BCUT2D eigenvalue weighted by Crippen LogP contribution is 2.67. The van der Waals surface area contributed by atoms with Crippen LogP contribution in [0, 0.1) is 50.4 Å². The normalized spacial score (nSPS) is 26.0. The first-order valence-corrected chi connectivity index (χ1v) is 40.2. The summed E-state index contributed by atoms with van der Waals surface area (Å²) in [4.78, 5) is 90.3. The Morgan fingerprint density at radius 1 is 0.655 bits per heavy atom. The van der Waals surface area contributed by atoms with Crippen molar-refractivity contribution in [2.24, 2.45) is 5.73 Å². The number of aromatic hydroxyl groups is 2. The number of H-pyrrole nitrogens is 2. The van der Waals surface area contributed by atoms with Crippen molar-refractivity contribution in [1.29, 1.82) is 10.5 Å². The van der Waals surface area contributed by atoms with Crippen molar-refractivity contribution < 1.29 is 91.5 Å². The first-order chi connectivity index (χ1) is 55.3. The molecule has 608 valence electrons. The predicted molar refractivity (Wildman–Crippen MR) is 428 cm³/mol. The number of phenols is 2. The van der Waals surface area contributed by atoms with Gasteiger partial charge < -0.3 is 78.4 Å². The molecule has 0 radical (unpaired) electrons. The molecule has 0 aliphatic carbocycles. The third-order valence-corrected chi connectivity index (χ3v) is 27.2. The van der Waals surface area contributed by atoms with Crippen LogP contribution in [0.5, 0.6) is 57.5 Å². The number of ether oxygens (including phenoxy) is 10. The Balaban J connectivity index is 0.000000154. The summed E-state index contributed by atoms with van der Waals surface area (Å²) in [7, 11) is 7.02. The van der Waals surface area contributed by atoms with Crippen molar-refractivity contribution in [1.82, 2.24) is 34.9 Å². The van der Waals surface area contributed by atoms with Gasteiger partial charge in [-0.1, -0.05) is 56.0 Å². The summed E-state index contributed by atoms with van der Waals surface area (Å²) in [5, 5.41) is 58.0. The van der Waals surface area contributed by atoms with Crippen LogP contribution < -0.4 is 48.9 Å². The molecule has 2 aromatic heterocycles. The van der Waals surface area contributed by atoms with Crippen LogP contribution in [0.4, 0.5) is 0 Å². The lowest BCUT2D eigenvalue weighted by Crippen LogP contribution is -2.69. The fourth-order valence-corrected chi connectivity index (χ4v) is 23.0. The Kier molecular flexibility index (Phi) is 21.8. The molecular formula is C85H92N10O19S2. The molecule has 14 heterocycles. The fourth-order valence-electron chi connectivity index (χ4n) is 20.0. The molecule has 2 unspecified atom stereocenters. The molecule has 12 aliphatic rings. The van der Waals surface area contributed by atoms with E-state index in [-0.39, 0.29) is 69.3 Å². The number of methoxy groups -OCH3 is 2. The van der Waals surface area contributed by atoms with Crippen LogP contribution in [0.3, 0.4) is 0 Å². The van der Waals surface area contributed by atoms with Gasteiger partial charge in [0, 0.05) is 130 Å². The third-order valence-electron chi connectivity index (χ3n) is 24.4. The Labute approximate surface area is 677 Å². The minimum Gasteiger partial charge on any atom is -0.504 e. The molecule has 8 aromatic rings. The van der Waals surface area contributed by atoms with Crippen molar-refractivity contribution >= 4 is 81.0 Å². The summed E-state index contributed by atoms with van der Waals surface area (Å²) in [5.74, 6) is -0.537. The van der Waals surface area contributed by atoms with Gasteiger partial charge in [-0.15, -0.1) is 23.5 Å². The molecule has 12 aliphatic heterocycles. The standard InChI is InChI=1S/C41H41N5O8S.C31H31N3O9S.C10H12N2.C2H4O2.CH4/c1-18-12-21-13-25-26(14-42)46-27-15-51-40(49)41(39-23(10-11-43-41)22-8-6-7-9-24(22)44-39)16-55-38(32(46)31(45(25)4)28(21)33(48)34(18)50-5)30-29(27)37-36(52-17-53-37)19(2)35(30)54-20(3)47;1-12-6-15-7-16-17(8-32)34-18-9-40-31(38)19(36)10-44-30(24(34)23(33(16)4)20(15)25(37)26(12)39-5)22-21(18)29-28(41-11-42-29)13(2)27(22)43-14(3)35;11-6-5-8-7-12-10-4-2-1-3-9(8)10;1-2(3)4;/h6-9,12,25-27,31-32,38,43-44,48H,10-11,13,15-17H2,1-5H3;6,16-18,23-24,30,37H,7,9-11H2,1-5H3;1-4,7,12H,5-6,11H2;1H3,(H,3,4);1H4/t25-,26-,27-,31+,32?,38+,41+;16-,17-,18-,23+,24?,30+;;;/m00.../s1. The number of hydrogen-bond acceptors (Lipinski definition) is 28. The van der Waals surface area contributed by atoms with Crippen LogP contribution in [-0.4, -0.2) is 196 Å². The second kappa shape index (κ2) is 31.4. The van der Waals surface area contributed by atoms with Gasteiger partial charge in [-0.25, -0.2) is 9.59 Å². The molecule has 13 atom stereocenters. The van der Waals surface area contributed by atoms with Crippen molar-refractivity contribution in [3.05, 3.63) is 150 Å². The minimum absolute atomic E-state index is 0. The quantitative estimate of drug-likeness (QED) is 0.0462. The van der Waals surface area contributed by atoms with Crippen molar-refractivity contribution in [2.45, 2.75) is 158 Å². The van der Waals surface area contributed by atoms with E-state index in [2.05, 4.69) is 77.4 Å². The number of aromatic amines is 2. The molecule has 6 aromatic carbocycles. The number of piperazine rings is 2. The predicted octanol–water partition coefficient (Wildman–Crippen LogP) is 9.95. The Hall–Kier alpha value is -10.7. The zero-order valence-corrected chi connectivity index (χ0v) is 66.8. The van der Waals surface area contributed by atoms with Gasteiger partial charge in [0.2, 0.25) is 19.4 Å². The van der Waals surface area contributed by atoms with Gasteiger partial charge in [0.15, 0.2) is 51.5 Å². The summed E-state index contributed by atoms with van der Waals surface area (Å²) >= 11 is 2.77. The number of nitrogens with two attached hydrogens (primary N) is 1. The first kappa shape index (κ1) is 80.4. The van der Waals surface area contributed by atoms with Crippen LogP contribution in [-0.2, 0) is 69.5 Å². The highest BCUT2D eigenvalue weighted by Gasteiger charge is 2.64.